The maximum absolute atomic E-state index is 13.4. The van der Waals surface area contributed by atoms with E-state index in [1.54, 1.807) is 24.3 Å². The molecule has 2 aromatic carbocycles. The molecule has 1 aliphatic heterocycles. The lowest BCUT2D eigenvalue weighted by Crippen LogP contribution is -2.38. The molecule has 3 N–H and O–H groups in total. The summed E-state index contributed by atoms with van der Waals surface area (Å²) in [5, 5.41) is 26.5. The zero-order valence-electron chi connectivity index (χ0n) is 26.9. The first-order chi connectivity index (χ1) is 24.1. The van der Waals surface area contributed by atoms with E-state index in [4.69, 9.17) is 18.6 Å². The number of rotatable bonds is 16. The average molecular weight is 710 g/mol. The van der Waals surface area contributed by atoms with Gasteiger partial charge in [0.25, 0.3) is 11.6 Å². The van der Waals surface area contributed by atoms with Gasteiger partial charge >= 0.3 is 0 Å². The summed E-state index contributed by atoms with van der Waals surface area (Å²) in [6.07, 6.45) is 3.02. The van der Waals surface area contributed by atoms with Gasteiger partial charge in [0.05, 0.1) is 41.8 Å². The van der Waals surface area contributed by atoms with E-state index in [1.807, 2.05) is 0 Å². The van der Waals surface area contributed by atoms with E-state index >= 15 is 0 Å². The van der Waals surface area contributed by atoms with Crippen LogP contribution in [0.4, 0.5) is 11.5 Å². The summed E-state index contributed by atoms with van der Waals surface area (Å²) >= 11 is 0. The Hall–Kier alpha value is -5.36. The molecule has 0 unspecified atom stereocenters. The monoisotopic (exact) mass is 709 g/mol. The number of hydrogen-bond donors (Lipinski definition) is 3. The van der Waals surface area contributed by atoms with Crippen molar-refractivity contribution in [3.63, 3.8) is 0 Å². The van der Waals surface area contributed by atoms with Gasteiger partial charge in [-0.1, -0.05) is 12.1 Å². The Morgan fingerprint density at radius 2 is 1.90 bits per heavy atom. The number of nitrogens with one attached hydrogen (secondary N) is 2. The standard InChI is InChI=1S/C33H35N5O11S/c1-46-24-7-9-25(10-8-24)50(44,45)37(14-16-39)15-17-47-31-19-22(27-21-48-28-5-3-2-4-26(28)32(27)40)18-29(49-31)33(41)35-13-12-34-30-11-6-23(20-36-30)38(42)43/h2-11,18,20-22,31,39H,12-17,19H2,1H3,(H,34,36)(H,35,41)/t22-,31+/m0/s1. The van der Waals surface area contributed by atoms with Crippen molar-refractivity contribution in [3.8, 4) is 5.75 Å². The smallest absolute Gasteiger partial charge is 0.287 e. The second kappa shape index (κ2) is 16.4. The lowest BCUT2D eigenvalue weighted by molar-refractivity contribution is -0.385. The number of amides is 1. The minimum absolute atomic E-state index is 0.00417. The third kappa shape index (κ3) is 8.61. The number of hydrogen-bond acceptors (Lipinski definition) is 13. The predicted molar refractivity (Wildman–Crippen MR) is 180 cm³/mol. The Balaban J connectivity index is 1.28. The molecular formula is C33H35N5O11S. The highest BCUT2D eigenvalue weighted by molar-refractivity contribution is 7.89. The first kappa shape index (κ1) is 35.9. The molecule has 0 saturated heterocycles. The van der Waals surface area contributed by atoms with Crippen LogP contribution >= 0.6 is 0 Å². The summed E-state index contributed by atoms with van der Waals surface area (Å²) in [4.78, 5) is 41.0. The number of methoxy groups -OCH3 is 1. The number of nitro groups is 1. The topological polar surface area (TPSA) is 213 Å². The Bertz CT molecular complexity index is 2000. The van der Waals surface area contributed by atoms with E-state index in [0.29, 0.717) is 22.5 Å². The molecule has 0 bridgehead atoms. The van der Waals surface area contributed by atoms with Crippen LogP contribution in [0.1, 0.15) is 17.9 Å². The molecule has 2 atom stereocenters. The van der Waals surface area contributed by atoms with Crippen LogP contribution in [0, 0.1) is 10.1 Å². The summed E-state index contributed by atoms with van der Waals surface area (Å²) in [5.74, 6) is -0.523. The fourth-order valence-corrected chi connectivity index (χ4v) is 6.60. The Labute approximate surface area is 286 Å². The van der Waals surface area contributed by atoms with Gasteiger partial charge in [-0.25, -0.2) is 13.4 Å². The molecule has 0 aliphatic carbocycles. The van der Waals surface area contributed by atoms with E-state index in [9.17, 15) is 33.2 Å². The molecule has 2 aromatic heterocycles. The van der Waals surface area contributed by atoms with Gasteiger partial charge in [-0.05, 0) is 48.5 Å². The van der Waals surface area contributed by atoms with Crippen molar-refractivity contribution in [2.75, 3.05) is 51.8 Å². The van der Waals surface area contributed by atoms with E-state index in [0.717, 1.165) is 10.5 Å². The minimum Gasteiger partial charge on any atom is -0.497 e. The number of benzene rings is 2. The van der Waals surface area contributed by atoms with Crippen LogP contribution < -0.4 is 20.8 Å². The summed E-state index contributed by atoms with van der Waals surface area (Å²) in [5.41, 5.74) is 0.242. The molecule has 3 heterocycles. The predicted octanol–water partition coefficient (Wildman–Crippen LogP) is 2.75. The van der Waals surface area contributed by atoms with E-state index in [2.05, 4.69) is 15.6 Å². The van der Waals surface area contributed by atoms with Crippen LogP contribution in [0.15, 0.2) is 99.1 Å². The van der Waals surface area contributed by atoms with Crippen molar-refractivity contribution in [3.05, 3.63) is 111 Å². The number of aromatic nitrogens is 1. The molecule has 1 amide bonds. The Morgan fingerprint density at radius 1 is 1.12 bits per heavy atom. The van der Waals surface area contributed by atoms with Crippen molar-refractivity contribution in [1.29, 1.82) is 0 Å². The number of fused-ring (bicyclic) bond motifs is 1. The molecule has 0 radical (unpaired) electrons. The van der Waals surface area contributed by atoms with E-state index in [1.165, 1.54) is 55.8 Å². The molecule has 0 saturated carbocycles. The number of nitrogens with zero attached hydrogens (tertiary/aromatic N) is 3. The van der Waals surface area contributed by atoms with Gasteiger partial charge in [0.15, 0.2) is 11.2 Å². The maximum atomic E-state index is 13.4. The van der Waals surface area contributed by atoms with Crippen molar-refractivity contribution in [1.82, 2.24) is 14.6 Å². The van der Waals surface area contributed by atoms with Crippen molar-refractivity contribution >= 4 is 38.4 Å². The van der Waals surface area contributed by atoms with Gasteiger partial charge in [-0.15, -0.1) is 0 Å². The third-order valence-corrected chi connectivity index (χ3v) is 9.67. The molecule has 0 spiro atoms. The number of aliphatic hydroxyl groups is 1. The number of sulfonamides is 1. The summed E-state index contributed by atoms with van der Waals surface area (Å²) < 4.78 is 50.4. The first-order valence-electron chi connectivity index (χ1n) is 15.5. The quantitative estimate of drug-likeness (QED) is 0.0869. The molecule has 4 aromatic rings. The average Bonchev–Trinajstić information content (AvgIpc) is 3.13. The lowest BCUT2D eigenvalue weighted by Gasteiger charge is -2.30. The number of anilines is 1. The highest BCUT2D eigenvalue weighted by Gasteiger charge is 2.31. The first-order valence-corrected chi connectivity index (χ1v) is 16.9. The zero-order valence-corrected chi connectivity index (χ0v) is 27.7. The molecule has 16 nitrogen and oxygen atoms in total. The van der Waals surface area contributed by atoms with Gasteiger partial charge in [-0.3, -0.25) is 19.7 Å². The van der Waals surface area contributed by atoms with Gasteiger partial charge in [0.2, 0.25) is 16.3 Å². The number of allylic oxidation sites excluding steroid dienone is 1. The lowest BCUT2D eigenvalue weighted by atomic mass is 9.93. The van der Waals surface area contributed by atoms with Crippen molar-refractivity contribution < 1.29 is 41.9 Å². The van der Waals surface area contributed by atoms with Crippen molar-refractivity contribution in [2.45, 2.75) is 23.5 Å². The summed E-state index contributed by atoms with van der Waals surface area (Å²) in [7, 11) is -2.54. The molecular weight excluding hydrogens is 674 g/mol. The highest BCUT2D eigenvalue weighted by Crippen LogP contribution is 2.31. The Morgan fingerprint density at radius 3 is 2.60 bits per heavy atom. The highest BCUT2D eigenvalue weighted by atomic mass is 32.2. The molecule has 0 fully saturated rings. The Kier molecular flexibility index (Phi) is 11.8. The van der Waals surface area contributed by atoms with Crippen LogP contribution in [0.5, 0.6) is 5.75 Å². The molecule has 50 heavy (non-hydrogen) atoms. The number of carbonyl (C=O) groups excluding carboxylic acids is 1. The maximum Gasteiger partial charge on any atom is 0.287 e. The SMILES string of the molecule is COc1ccc(S(=O)(=O)N(CCO)CCO[C@H]2C[C@@H](c3coc4ccccc4c3=O)C=C(C(=O)NCCNc3ccc([N+](=O)[O-])cn3)O2)cc1. The van der Waals surface area contributed by atoms with E-state index < -0.39 is 39.7 Å². The van der Waals surface area contributed by atoms with Crippen LogP contribution in [0.3, 0.4) is 0 Å². The second-order valence-corrected chi connectivity index (χ2v) is 12.9. The number of para-hydroxylation sites is 1. The largest absolute Gasteiger partial charge is 0.497 e. The fourth-order valence-electron chi connectivity index (χ4n) is 5.18. The molecule has 17 heteroatoms. The van der Waals surface area contributed by atoms with Gasteiger partial charge in [0, 0.05) is 50.1 Å². The van der Waals surface area contributed by atoms with Crippen LogP contribution in [0.2, 0.25) is 0 Å². The zero-order chi connectivity index (χ0) is 35.7. The van der Waals surface area contributed by atoms with Crippen LogP contribution in [0.25, 0.3) is 11.0 Å². The van der Waals surface area contributed by atoms with Gasteiger partial charge in [0.1, 0.15) is 23.3 Å². The third-order valence-electron chi connectivity index (χ3n) is 7.75. The van der Waals surface area contributed by atoms with Gasteiger partial charge in [-0.2, -0.15) is 4.31 Å². The second-order valence-electron chi connectivity index (χ2n) is 11.0. The van der Waals surface area contributed by atoms with Crippen molar-refractivity contribution in [2.24, 2.45) is 0 Å². The molecule has 264 valence electrons. The van der Waals surface area contributed by atoms with Gasteiger partial charge < -0.3 is 34.4 Å². The van der Waals surface area contributed by atoms with E-state index in [-0.39, 0.29) is 66.5 Å². The number of ether oxygens (including phenoxy) is 3. The normalized spacial score (nSPS) is 16.0. The number of carbonyl (C=O) groups is 1. The molecule has 1 aliphatic rings. The fraction of sp³-hybridized carbons (Fsp3) is 0.303. The van der Waals surface area contributed by atoms with Crippen LogP contribution in [-0.4, -0.2) is 86.4 Å². The minimum atomic E-state index is -4.01. The van der Waals surface area contributed by atoms with Crippen LogP contribution in [-0.2, 0) is 24.3 Å². The number of pyridine rings is 1. The summed E-state index contributed by atoms with van der Waals surface area (Å²) in [6.45, 7) is -0.597. The summed E-state index contributed by atoms with van der Waals surface area (Å²) in [6, 6.07) is 15.3. The molecule has 5 rings (SSSR count). The number of aliphatic hydroxyl groups excluding tert-OH is 1.